The minimum Gasteiger partial charge on any atom is -0.292 e. The highest BCUT2D eigenvalue weighted by molar-refractivity contribution is 8.14. The van der Waals surface area contributed by atoms with E-state index in [1.807, 2.05) is 24.3 Å². The number of hydrogen-bond donors (Lipinski definition) is 1. The summed E-state index contributed by atoms with van der Waals surface area (Å²) in [5.41, 5.74) is 3.76. The summed E-state index contributed by atoms with van der Waals surface area (Å²) < 4.78 is 0. The molecule has 96 valence electrons. The van der Waals surface area contributed by atoms with Crippen LogP contribution < -0.4 is 5.43 Å². The van der Waals surface area contributed by atoms with E-state index in [4.69, 9.17) is 0 Å². The lowest BCUT2D eigenvalue weighted by molar-refractivity contribution is 0.250. The molecule has 6 nitrogen and oxygen atoms in total. The van der Waals surface area contributed by atoms with Gasteiger partial charge >= 0.3 is 0 Å². The lowest BCUT2D eigenvalue weighted by Crippen LogP contribution is -2.24. The Morgan fingerprint density at radius 2 is 2.21 bits per heavy atom. The Morgan fingerprint density at radius 3 is 3.00 bits per heavy atom. The molecule has 1 aliphatic rings. The highest BCUT2D eigenvalue weighted by atomic mass is 32.2. The van der Waals surface area contributed by atoms with Crippen molar-refractivity contribution in [2.45, 2.75) is 0 Å². The molecule has 1 aromatic heterocycles. The summed E-state index contributed by atoms with van der Waals surface area (Å²) in [5, 5.41) is 5.14. The number of amidine groups is 1. The van der Waals surface area contributed by atoms with Gasteiger partial charge in [0.2, 0.25) is 0 Å². The number of aromatic nitrogens is 2. The Bertz CT molecular complexity index is 667. The van der Waals surface area contributed by atoms with E-state index in [2.05, 4.69) is 20.5 Å². The predicted molar refractivity (Wildman–Crippen MR) is 76.2 cm³/mol. The molecule has 19 heavy (non-hydrogen) atoms. The van der Waals surface area contributed by atoms with Crippen LogP contribution in [0.15, 0.2) is 35.7 Å². The number of para-hydroxylation sites is 1. The molecule has 0 spiro atoms. The van der Waals surface area contributed by atoms with E-state index in [1.54, 1.807) is 7.05 Å². The van der Waals surface area contributed by atoms with Crippen LogP contribution in [0.1, 0.15) is 0 Å². The quantitative estimate of drug-likeness (QED) is 0.849. The highest BCUT2D eigenvalue weighted by Crippen LogP contribution is 2.20. The van der Waals surface area contributed by atoms with Gasteiger partial charge in [0.1, 0.15) is 12.2 Å². The number of anilines is 1. The van der Waals surface area contributed by atoms with Gasteiger partial charge in [0.25, 0.3) is 5.24 Å². The van der Waals surface area contributed by atoms with Crippen LogP contribution in [0.2, 0.25) is 0 Å². The SMILES string of the molecule is CN1C(=O)SCC1=NNc1ncnc2ccccc12. The summed E-state index contributed by atoms with van der Waals surface area (Å²) in [7, 11) is 1.71. The maximum Gasteiger partial charge on any atom is 0.287 e. The van der Waals surface area contributed by atoms with E-state index in [9.17, 15) is 4.79 Å². The number of benzene rings is 1. The van der Waals surface area contributed by atoms with Crippen LogP contribution in [0.3, 0.4) is 0 Å². The average Bonchev–Trinajstić information content (AvgIpc) is 2.76. The Hall–Kier alpha value is -2.15. The van der Waals surface area contributed by atoms with Crippen molar-refractivity contribution in [3.05, 3.63) is 30.6 Å². The second-order valence-electron chi connectivity index (χ2n) is 3.99. The van der Waals surface area contributed by atoms with Crippen LogP contribution in [0, 0.1) is 0 Å². The molecule has 7 heteroatoms. The number of fused-ring (bicyclic) bond motifs is 1. The fraction of sp³-hybridized carbons (Fsp3) is 0.167. The van der Waals surface area contributed by atoms with Crippen LogP contribution >= 0.6 is 11.8 Å². The standard InChI is InChI=1S/C12H11N5OS/c1-17-10(6-19-12(17)18)15-16-11-8-4-2-3-5-9(8)13-7-14-11/h2-5,7H,6H2,1H3,(H,13,14,16). The summed E-state index contributed by atoms with van der Waals surface area (Å²) in [6.07, 6.45) is 1.49. The maximum absolute atomic E-state index is 11.4. The van der Waals surface area contributed by atoms with Crippen molar-refractivity contribution in [1.29, 1.82) is 0 Å². The molecule has 2 aromatic rings. The van der Waals surface area contributed by atoms with Crippen molar-refractivity contribution in [1.82, 2.24) is 14.9 Å². The Labute approximate surface area is 113 Å². The van der Waals surface area contributed by atoms with Gasteiger partial charge in [0.05, 0.1) is 11.3 Å². The number of amides is 1. The first-order valence-electron chi connectivity index (χ1n) is 5.68. The van der Waals surface area contributed by atoms with Crippen molar-refractivity contribution in [3.8, 4) is 0 Å². The van der Waals surface area contributed by atoms with Gasteiger partial charge in [-0.05, 0) is 12.1 Å². The monoisotopic (exact) mass is 273 g/mol. The van der Waals surface area contributed by atoms with Gasteiger partial charge in [0.15, 0.2) is 5.82 Å². The molecule has 0 atom stereocenters. The molecule has 0 bridgehead atoms. The first kappa shape index (κ1) is 11.9. The minimum absolute atomic E-state index is 0.00750. The van der Waals surface area contributed by atoms with E-state index in [0.29, 0.717) is 17.4 Å². The first-order valence-corrected chi connectivity index (χ1v) is 6.67. The number of rotatable bonds is 2. The maximum atomic E-state index is 11.4. The number of carbonyl (C=O) groups excluding carboxylic acids is 1. The third-order valence-electron chi connectivity index (χ3n) is 2.82. The number of thioether (sulfide) groups is 1. The van der Waals surface area contributed by atoms with Gasteiger partial charge in [0, 0.05) is 12.4 Å². The topological polar surface area (TPSA) is 70.5 Å². The van der Waals surface area contributed by atoms with Crippen molar-refractivity contribution in [2.75, 3.05) is 18.2 Å². The predicted octanol–water partition coefficient (Wildman–Crippen LogP) is 2.15. The number of carbonyl (C=O) groups is 1. The van der Waals surface area contributed by atoms with Crippen molar-refractivity contribution >= 4 is 39.6 Å². The molecule has 1 saturated heterocycles. The summed E-state index contributed by atoms with van der Waals surface area (Å²) in [6.45, 7) is 0. The van der Waals surface area contributed by atoms with Gasteiger partial charge in [-0.2, -0.15) is 5.10 Å². The van der Waals surface area contributed by atoms with Gasteiger partial charge in [-0.1, -0.05) is 23.9 Å². The van der Waals surface area contributed by atoms with Crippen molar-refractivity contribution in [3.63, 3.8) is 0 Å². The van der Waals surface area contributed by atoms with Crippen LogP contribution in [-0.2, 0) is 0 Å². The summed E-state index contributed by atoms with van der Waals surface area (Å²) in [4.78, 5) is 21.2. The molecule has 0 aliphatic carbocycles. The molecule has 0 radical (unpaired) electrons. The lowest BCUT2D eigenvalue weighted by atomic mass is 10.2. The summed E-state index contributed by atoms with van der Waals surface area (Å²) >= 11 is 1.24. The zero-order valence-corrected chi connectivity index (χ0v) is 11.0. The molecular formula is C12H11N5OS. The molecule has 1 N–H and O–H groups in total. The van der Waals surface area contributed by atoms with Crippen LogP contribution in [0.4, 0.5) is 10.6 Å². The summed E-state index contributed by atoms with van der Waals surface area (Å²) in [6, 6.07) is 7.68. The first-order chi connectivity index (χ1) is 9.25. The van der Waals surface area contributed by atoms with Crippen LogP contribution in [0.25, 0.3) is 10.9 Å². The molecule has 1 aromatic carbocycles. The van der Waals surface area contributed by atoms with Crippen molar-refractivity contribution in [2.24, 2.45) is 5.10 Å². The average molecular weight is 273 g/mol. The molecule has 1 aliphatic heterocycles. The largest absolute Gasteiger partial charge is 0.292 e. The van der Waals surface area contributed by atoms with Crippen molar-refractivity contribution < 1.29 is 4.79 Å². The smallest absolute Gasteiger partial charge is 0.287 e. The number of hydrogen-bond acceptors (Lipinski definition) is 6. The third kappa shape index (κ3) is 2.24. The molecule has 1 amide bonds. The highest BCUT2D eigenvalue weighted by Gasteiger charge is 2.24. The third-order valence-corrected chi connectivity index (χ3v) is 3.74. The van der Waals surface area contributed by atoms with Crippen LogP contribution in [0.5, 0.6) is 0 Å². The van der Waals surface area contributed by atoms with Gasteiger partial charge in [-0.3, -0.25) is 15.1 Å². The van der Waals surface area contributed by atoms with E-state index in [0.717, 1.165) is 10.9 Å². The van der Waals surface area contributed by atoms with E-state index in [-0.39, 0.29) is 5.24 Å². The number of nitrogens with one attached hydrogen (secondary N) is 1. The zero-order chi connectivity index (χ0) is 13.2. The zero-order valence-electron chi connectivity index (χ0n) is 10.2. The van der Waals surface area contributed by atoms with Gasteiger partial charge < -0.3 is 0 Å². The van der Waals surface area contributed by atoms with E-state index >= 15 is 0 Å². The van der Waals surface area contributed by atoms with Gasteiger partial charge in [-0.25, -0.2) is 9.97 Å². The second-order valence-corrected chi connectivity index (χ2v) is 4.92. The fourth-order valence-electron chi connectivity index (χ4n) is 1.74. The molecular weight excluding hydrogens is 262 g/mol. The molecule has 2 heterocycles. The van der Waals surface area contributed by atoms with E-state index in [1.165, 1.54) is 23.0 Å². The summed E-state index contributed by atoms with van der Waals surface area (Å²) in [5.74, 6) is 1.90. The normalized spacial score (nSPS) is 17.4. The minimum atomic E-state index is 0.00750. The lowest BCUT2D eigenvalue weighted by Gasteiger charge is -2.09. The number of nitrogens with zero attached hydrogens (tertiary/aromatic N) is 4. The van der Waals surface area contributed by atoms with E-state index < -0.39 is 0 Å². The Balaban J connectivity index is 1.90. The molecule has 0 saturated carbocycles. The number of hydrazone groups is 1. The molecule has 3 rings (SSSR count). The molecule has 0 unspecified atom stereocenters. The molecule has 1 fully saturated rings. The second kappa shape index (κ2) is 4.85. The van der Waals surface area contributed by atoms with Crippen LogP contribution in [-0.4, -0.2) is 38.7 Å². The Kier molecular flexibility index (Phi) is 3.04. The Morgan fingerprint density at radius 1 is 1.37 bits per heavy atom. The van der Waals surface area contributed by atoms with Gasteiger partial charge in [-0.15, -0.1) is 0 Å². The fourth-order valence-corrected chi connectivity index (χ4v) is 2.55.